The van der Waals surface area contributed by atoms with Crippen LogP contribution in [0.25, 0.3) is 0 Å². The highest BCUT2D eigenvalue weighted by atomic mass is 16.3. The Kier molecular flexibility index (Phi) is 3.10. The van der Waals surface area contributed by atoms with E-state index in [0.717, 1.165) is 31.5 Å². The molecular formula is C14H17N3O3. The van der Waals surface area contributed by atoms with Gasteiger partial charge in [0.25, 0.3) is 5.91 Å². The molecular weight excluding hydrogens is 258 g/mol. The molecule has 2 aliphatic rings. The maximum Gasteiger partial charge on any atom is 0.257 e. The molecule has 1 aromatic rings. The van der Waals surface area contributed by atoms with E-state index in [2.05, 4.69) is 5.32 Å². The molecule has 1 fully saturated rings. The second-order valence-corrected chi connectivity index (χ2v) is 5.27. The molecule has 0 saturated carbocycles. The summed E-state index contributed by atoms with van der Waals surface area (Å²) in [6.07, 6.45) is 1.65. The van der Waals surface area contributed by atoms with Gasteiger partial charge in [0.2, 0.25) is 5.91 Å². The second-order valence-electron chi connectivity index (χ2n) is 5.27. The molecule has 0 spiro atoms. The number of hydrogen-bond donors (Lipinski definition) is 3. The molecule has 2 aliphatic heterocycles. The van der Waals surface area contributed by atoms with Crippen molar-refractivity contribution in [2.24, 2.45) is 5.73 Å². The summed E-state index contributed by atoms with van der Waals surface area (Å²) in [4.78, 5) is 25.0. The van der Waals surface area contributed by atoms with Crippen LogP contribution in [0.1, 0.15) is 30.9 Å². The molecule has 6 heteroatoms. The van der Waals surface area contributed by atoms with Gasteiger partial charge in [0.15, 0.2) is 6.10 Å². The van der Waals surface area contributed by atoms with Crippen LogP contribution in [-0.2, 0) is 9.59 Å². The summed E-state index contributed by atoms with van der Waals surface area (Å²) in [6, 6.07) is 5.04. The number of hydrogen-bond acceptors (Lipinski definition) is 4. The standard InChI is InChI=1S/C14H17N3O3/c15-13(19)11-3-1-2-6-17(11)8-4-5-9-10(7-8)16-14(20)12(9)18/h4-5,7,11-12,18H,1-3,6H2,(H2,15,19)(H,16,20). The van der Waals surface area contributed by atoms with Gasteiger partial charge in [-0.2, -0.15) is 0 Å². The minimum atomic E-state index is -1.10. The normalized spacial score (nSPS) is 25.2. The van der Waals surface area contributed by atoms with Crippen LogP contribution in [0, 0.1) is 0 Å². The lowest BCUT2D eigenvalue weighted by molar-refractivity contribution is -0.123. The van der Waals surface area contributed by atoms with Gasteiger partial charge in [-0.15, -0.1) is 0 Å². The number of rotatable bonds is 2. The van der Waals surface area contributed by atoms with Gasteiger partial charge in [0, 0.05) is 23.5 Å². The smallest absolute Gasteiger partial charge is 0.257 e. The first kappa shape index (κ1) is 12.9. The third-order valence-corrected chi connectivity index (χ3v) is 4.00. The number of piperidine rings is 1. The molecule has 0 aromatic heterocycles. The predicted octanol–water partition coefficient (Wildman–Crippen LogP) is 0.516. The highest BCUT2D eigenvalue weighted by Gasteiger charge is 2.31. The number of nitrogens with zero attached hydrogens (tertiary/aromatic N) is 1. The van der Waals surface area contributed by atoms with E-state index in [4.69, 9.17) is 5.73 Å². The largest absolute Gasteiger partial charge is 0.378 e. The van der Waals surface area contributed by atoms with Crippen molar-refractivity contribution >= 4 is 23.2 Å². The van der Waals surface area contributed by atoms with Gasteiger partial charge in [-0.25, -0.2) is 0 Å². The third-order valence-electron chi connectivity index (χ3n) is 4.00. The van der Waals surface area contributed by atoms with Crippen molar-refractivity contribution < 1.29 is 14.7 Å². The Morgan fingerprint density at radius 3 is 2.95 bits per heavy atom. The van der Waals surface area contributed by atoms with E-state index < -0.39 is 12.0 Å². The van der Waals surface area contributed by atoms with Crippen LogP contribution in [0.4, 0.5) is 11.4 Å². The zero-order valence-corrected chi connectivity index (χ0v) is 11.0. The summed E-state index contributed by atoms with van der Waals surface area (Å²) in [6.45, 7) is 0.767. The van der Waals surface area contributed by atoms with Crippen molar-refractivity contribution in [2.45, 2.75) is 31.4 Å². The average molecular weight is 275 g/mol. The first-order chi connectivity index (χ1) is 9.58. The molecule has 2 amide bonds. The number of carbonyl (C=O) groups is 2. The van der Waals surface area contributed by atoms with Gasteiger partial charge in [-0.1, -0.05) is 6.07 Å². The number of anilines is 2. The summed E-state index contributed by atoms with van der Waals surface area (Å²) in [5, 5.41) is 12.3. The van der Waals surface area contributed by atoms with Gasteiger partial charge < -0.3 is 21.1 Å². The molecule has 20 heavy (non-hydrogen) atoms. The lowest BCUT2D eigenvalue weighted by atomic mass is 10.00. The van der Waals surface area contributed by atoms with Crippen LogP contribution in [0.2, 0.25) is 0 Å². The Balaban J connectivity index is 1.93. The number of benzene rings is 1. The zero-order chi connectivity index (χ0) is 14.3. The maximum absolute atomic E-state index is 11.5. The van der Waals surface area contributed by atoms with E-state index in [1.807, 2.05) is 11.0 Å². The molecule has 4 N–H and O–H groups in total. The average Bonchev–Trinajstić information content (AvgIpc) is 2.73. The van der Waals surface area contributed by atoms with Gasteiger partial charge in [-0.3, -0.25) is 9.59 Å². The van der Waals surface area contributed by atoms with Crippen molar-refractivity contribution in [3.63, 3.8) is 0 Å². The highest BCUT2D eigenvalue weighted by Crippen LogP contribution is 2.35. The molecule has 3 rings (SSSR count). The summed E-state index contributed by atoms with van der Waals surface area (Å²) >= 11 is 0. The van der Waals surface area contributed by atoms with Crippen molar-refractivity contribution in [3.8, 4) is 0 Å². The van der Waals surface area contributed by atoms with Gasteiger partial charge in [0.05, 0.1) is 0 Å². The lowest BCUT2D eigenvalue weighted by Crippen LogP contribution is -2.47. The van der Waals surface area contributed by atoms with Gasteiger partial charge in [0.1, 0.15) is 6.04 Å². The number of nitrogens with two attached hydrogens (primary N) is 1. The summed E-state index contributed by atoms with van der Waals surface area (Å²) in [5.41, 5.74) is 7.49. The Morgan fingerprint density at radius 1 is 1.40 bits per heavy atom. The fourth-order valence-electron chi connectivity index (χ4n) is 2.95. The van der Waals surface area contributed by atoms with Crippen LogP contribution in [0.5, 0.6) is 0 Å². The minimum Gasteiger partial charge on any atom is -0.378 e. The van der Waals surface area contributed by atoms with E-state index in [0.29, 0.717) is 11.3 Å². The predicted molar refractivity (Wildman–Crippen MR) is 74.2 cm³/mol. The Hall–Kier alpha value is -2.08. The van der Waals surface area contributed by atoms with Crippen molar-refractivity contribution in [3.05, 3.63) is 23.8 Å². The molecule has 0 radical (unpaired) electrons. The maximum atomic E-state index is 11.5. The van der Waals surface area contributed by atoms with E-state index in [9.17, 15) is 14.7 Å². The van der Waals surface area contributed by atoms with Crippen LogP contribution < -0.4 is 16.0 Å². The highest BCUT2D eigenvalue weighted by molar-refractivity contribution is 6.02. The fourth-order valence-corrected chi connectivity index (χ4v) is 2.95. The van der Waals surface area contributed by atoms with Crippen LogP contribution in [-0.4, -0.2) is 29.5 Å². The summed E-state index contributed by atoms with van der Waals surface area (Å²) < 4.78 is 0. The molecule has 0 aliphatic carbocycles. The van der Waals surface area contributed by atoms with Gasteiger partial charge >= 0.3 is 0 Å². The first-order valence-corrected chi connectivity index (χ1v) is 6.77. The van der Waals surface area contributed by atoms with E-state index in [1.165, 1.54) is 0 Å². The fraction of sp³-hybridized carbons (Fsp3) is 0.429. The summed E-state index contributed by atoms with van der Waals surface area (Å²) in [5.74, 6) is -0.739. The van der Waals surface area contributed by atoms with E-state index in [1.54, 1.807) is 12.1 Å². The SMILES string of the molecule is NC(=O)C1CCCCN1c1ccc2c(c1)NC(=O)C2O. The number of fused-ring (bicyclic) bond motifs is 1. The van der Waals surface area contributed by atoms with E-state index >= 15 is 0 Å². The number of aliphatic hydroxyl groups excluding tert-OH is 1. The van der Waals surface area contributed by atoms with Crippen LogP contribution in [0.3, 0.4) is 0 Å². The number of carbonyl (C=O) groups excluding carboxylic acids is 2. The molecule has 0 bridgehead atoms. The topological polar surface area (TPSA) is 95.7 Å². The third kappa shape index (κ3) is 2.02. The Morgan fingerprint density at radius 2 is 2.20 bits per heavy atom. The number of aliphatic hydroxyl groups is 1. The van der Waals surface area contributed by atoms with Crippen molar-refractivity contribution in [1.82, 2.24) is 0 Å². The van der Waals surface area contributed by atoms with Crippen LogP contribution >= 0.6 is 0 Å². The molecule has 106 valence electrons. The van der Waals surface area contributed by atoms with Crippen LogP contribution in [0.15, 0.2) is 18.2 Å². The Bertz CT molecular complexity index is 573. The lowest BCUT2D eigenvalue weighted by Gasteiger charge is -2.35. The Labute approximate surface area is 116 Å². The van der Waals surface area contributed by atoms with Gasteiger partial charge in [-0.05, 0) is 31.4 Å². The quantitative estimate of drug-likeness (QED) is 0.733. The monoisotopic (exact) mass is 275 g/mol. The molecule has 2 heterocycles. The summed E-state index contributed by atoms with van der Waals surface area (Å²) in [7, 11) is 0. The number of amides is 2. The van der Waals surface area contributed by atoms with Crippen molar-refractivity contribution in [1.29, 1.82) is 0 Å². The number of primary amides is 1. The van der Waals surface area contributed by atoms with Crippen molar-refractivity contribution in [2.75, 3.05) is 16.8 Å². The first-order valence-electron chi connectivity index (χ1n) is 6.77. The molecule has 6 nitrogen and oxygen atoms in total. The molecule has 1 saturated heterocycles. The molecule has 2 atom stereocenters. The zero-order valence-electron chi connectivity index (χ0n) is 11.0. The second kappa shape index (κ2) is 4.79. The minimum absolute atomic E-state index is 0.302. The van der Waals surface area contributed by atoms with E-state index in [-0.39, 0.29) is 11.9 Å². The molecule has 2 unspecified atom stereocenters. The molecule has 1 aromatic carbocycles. The number of nitrogens with one attached hydrogen (secondary N) is 1.